The van der Waals surface area contributed by atoms with Crippen LogP contribution in [-0.4, -0.2) is 34.0 Å². The Morgan fingerprint density at radius 2 is 2.43 bits per heavy atom. The van der Waals surface area contributed by atoms with Gasteiger partial charge in [0.05, 0.1) is 10.3 Å². The molecule has 112 valence electrons. The number of nitrogens with zero attached hydrogens (tertiary/aromatic N) is 3. The van der Waals surface area contributed by atoms with Crippen LogP contribution < -0.4 is 10.6 Å². The molecule has 2 aromatic heterocycles. The number of anilines is 1. The average Bonchev–Trinajstić information content (AvgIpc) is 2.93. The van der Waals surface area contributed by atoms with Gasteiger partial charge in [0, 0.05) is 12.1 Å². The van der Waals surface area contributed by atoms with Crippen LogP contribution in [0.4, 0.5) is 10.8 Å². The molecule has 1 saturated heterocycles. The van der Waals surface area contributed by atoms with Gasteiger partial charge in [0.1, 0.15) is 17.0 Å². The minimum atomic E-state index is -0.384. The van der Waals surface area contributed by atoms with E-state index in [0.717, 1.165) is 29.8 Å². The largest absolute Gasteiger partial charge is 0.367 e. The second-order valence-electron chi connectivity index (χ2n) is 5.32. The van der Waals surface area contributed by atoms with Crippen LogP contribution in [0.1, 0.15) is 19.8 Å². The Balaban J connectivity index is 1.84. The lowest BCUT2D eigenvalue weighted by Gasteiger charge is -2.29. The molecule has 3 heterocycles. The van der Waals surface area contributed by atoms with Gasteiger partial charge < -0.3 is 10.6 Å². The molecule has 2 N–H and O–H groups in total. The topological polar surface area (TPSA) is 93.0 Å². The minimum Gasteiger partial charge on any atom is -0.367 e. The van der Waals surface area contributed by atoms with Crippen molar-refractivity contribution >= 4 is 32.4 Å². The highest BCUT2D eigenvalue weighted by atomic mass is 32.1. The van der Waals surface area contributed by atoms with Gasteiger partial charge in [-0.2, -0.15) is 0 Å². The van der Waals surface area contributed by atoms with Crippen molar-refractivity contribution in [1.29, 1.82) is 0 Å². The summed E-state index contributed by atoms with van der Waals surface area (Å²) < 4.78 is 0. The van der Waals surface area contributed by atoms with Crippen LogP contribution in [-0.2, 0) is 0 Å². The second-order valence-corrected chi connectivity index (χ2v) is 6.33. The van der Waals surface area contributed by atoms with Crippen molar-refractivity contribution in [3.63, 3.8) is 0 Å². The number of nitro groups is 1. The summed E-state index contributed by atoms with van der Waals surface area (Å²) >= 11 is 1.08. The molecule has 2 unspecified atom stereocenters. The van der Waals surface area contributed by atoms with E-state index in [-0.39, 0.29) is 16.0 Å². The van der Waals surface area contributed by atoms with Crippen LogP contribution in [0.2, 0.25) is 0 Å². The molecule has 0 bridgehead atoms. The maximum Gasteiger partial charge on any atom is 0.326 e. The first-order valence-corrected chi connectivity index (χ1v) is 7.83. The van der Waals surface area contributed by atoms with E-state index in [9.17, 15) is 10.1 Å². The summed E-state index contributed by atoms with van der Waals surface area (Å²) in [4.78, 5) is 19.5. The zero-order valence-corrected chi connectivity index (χ0v) is 12.5. The lowest BCUT2D eigenvalue weighted by molar-refractivity contribution is -0.380. The normalized spacial score (nSPS) is 20.3. The summed E-state index contributed by atoms with van der Waals surface area (Å²) in [5, 5.41) is 18.5. The summed E-state index contributed by atoms with van der Waals surface area (Å²) in [5.41, 5.74) is 0. The molecule has 21 heavy (non-hydrogen) atoms. The number of nitrogens with one attached hydrogen (secondary N) is 2. The summed E-state index contributed by atoms with van der Waals surface area (Å²) in [5.74, 6) is 1.22. The van der Waals surface area contributed by atoms with Crippen LogP contribution in [0.25, 0.3) is 10.2 Å². The van der Waals surface area contributed by atoms with Crippen LogP contribution >= 0.6 is 11.3 Å². The van der Waals surface area contributed by atoms with Crippen molar-refractivity contribution in [3.05, 3.63) is 22.5 Å². The zero-order chi connectivity index (χ0) is 14.8. The standard InChI is InChI=1S/C13H17N5O2S/c1-8(9-3-2-4-14-6-9)17-12-10-5-11(18(19)20)21-13(10)16-7-15-12/h5,7-9,14H,2-4,6H2,1H3,(H,15,16,17). The zero-order valence-electron chi connectivity index (χ0n) is 11.7. The highest BCUT2D eigenvalue weighted by Gasteiger charge is 2.22. The van der Waals surface area contributed by atoms with Crippen LogP contribution in [0, 0.1) is 16.0 Å². The molecule has 0 aromatic carbocycles. The van der Waals surface area contributed by atoms with Crippen molar-refractivity contribution in [2.24, 2.45) is 5.92 Å². The van der Waals surface area contributed by atoms with E-state index in [4.69, 9.17) is 0 Å². The first-order valence-electron chi connectivity index (χ1n) is 7.01. The molecule has 0 saturated carbocycles. The molecule has 7 nitrogen and oxygen atoms in total. The van der Waals surface area contributed by atoms with E-state index in [1.807, 2.05) is 0 Å². The number of hydrogen-bond acceptors (Lipinski definition) is 7. The Morgan fingerprint density at radius 1 is 1.57 bits per heavy atom. The molecule has 2 aromatic rings. The van der Waals surface area contributed by atoms with Crippen LogP contribution in [0.15, 0.2) is 12.4 Å². The molecule has 3 rings (SSSR count). The van der Waals surface area contributed by atoms with Gasteiger partial charge in [-0.05, 0) is 50.1 Å². The Bertz CT molecular complexity index is 653. The van der Waals surface area contributed by atoms with Crippen molar-refractivity contribution in [2.45, 2.75) is 25.8 Å². The molecule has 2 atom stereocenters. The van der Waals surface area contributed by atoms with E-state index in [2.05, 4.69) is 27.5 Å². The number of aromatic nitrogens is 2. The van der Waals surface area contributed by atoms with E-state index < -0.39 is 0 Å². The number of fused-ring (bicyclic) bond motifs is 1. The highest BCUT2D eigenvalue weighted by Crippen LogP contribution is 2.33. The van der Waals surface area contributed by atoms with Crippen LogP contribution in [0.5, 0.6) is 0 Å². The average molecular weight is 307 g/mol. The molecular weight excluding hydrogens is 290 g/mol. The smallest absolute Gasteiger partial charge is 0.326 e. The summed E-state index contributed by atoms with van der Waals surface area (Å²) in [6, 6.07) is 1.81. The highest BCUT2D eigenvalue weighted by molar-refractivity contribution is 7.21. The molecule has 0 radical (unpaired) electrons. The maximum absolute atomic E-state index is 10.9. The van der Waals surface area contributed by atoms with Gasteiger partial charge in [-0.25, -0.2) is 9.97 Å². The number of thiophene rings is 1. The molecule has 1 fully saturated rings. The van der Waals surface area contributed by atoms with Crippen molar-refractivity contribution < 1.29 is 4.92 Å². The first kappa shape index (κ1) is 14.2. The predicted octanol–water partition coefficient (Wildman–Crippen LogP) is 2.40. The fraction of sp³-hybridized carbons (Fsp3) is 0.538. The fourth-order valence-corrected chi connectivity index (χ4v) is 3.50. The lowest BCUT2D eigenvalue weighted by Crippen LogP contribution is -2.38. The predicted molar refractivity (Wildman–Crippen MR) is 82.7 cm³/mol. The van der Waals surface area contributed by atoms with E-state index in [0.29, 0.717) is 16.6 Å². The molecule has 0 aliphatic carbocycles. The lowest BCUT2D eigenvalue weighted by atomic mass is 9.93. The Kier molecular flexibility index (Phi) is 3.98. The number of hydrogen-bond donors (Lipinski definition) is 2. The maximum atomic E-state index is 10.9. The van der Waals surface area contributed by atoms with Gasteiger partial charge in [-0.3, -0.25) is 10.1 Å². The summed E-state index contributed by atoms with van der Waals surface area (Å²) in [6.45, 7) is 4.20. The summed E-state index contributed by atoms with van der Waals surface area (Å²) in [7, 11) is 0. The molecule has 0 spiro atoms. The number of piperidine rings is 1. The summed E-state index contributed by atoms with van der Waals surface area (Å²) in [6.07, 6.45) is 3.82. The monoisotopic (exact) mass is 307 g/mol. The third-order valence-electron chi connectivity index (χ3n) is 3.90. The molecule has 1 aliphatic rings. The van der Waals surface area contributed by atoms with E-state index >= 15 is 0 Å². The molecule has 0 amide bonds. The quantitative estimate of drug-likeness (QED) is 0.665. The van der Waals surface area contributed by atoms with Crippen molar-refractivity contribution in [3.8, 4) is 0 Å². The third-order valence-corrected chi connectivity index (χ3v) is 4.90. The van der Waals surface area contributed by atoms with Crippen molar-refractivity contribution in [1.82, 2.24) is 15.3 Å². The van der Waals surface area contributed by atoms with Crippen molar-refractivity contribution in [2.75, 3.05) is 18.4 Å². The Labute approximate surface area is 125 Å². The van der Waals surface area contributed by atoms with E-state index in [1.54, 1.807) is 6.07 Å². The second kappa shape index (κ2) is 5.90. The molecule has 8 heteroatoms. The van der Waals surface area contributed by atoms with Gasteiger partial charge in [-0.15, -0.1) is 0 Å². The van der Waals surface area contributed by atoms with Gasteiger partial charge in [0.25, 0.3) is 0 Å². The molecular formula is C13H17N5O2S. The third kappa shape index (κ3) is 2.96. The fourth-order valence-electron chi connectivity index (χ4n) is 2.69. The van der Waals surface area contributed by atoms with Gasteiger partial charge in [0.2, 0.25) is 0 Å². The van der Waals surface area contributed by atoms with Crippen LogP contribution in [0.3, 0.4) is 0 Å². The Hall–Kier alpha value is -1.80. The van der Waals surface area contributed by atoms with Gasteiger partial charge in [-0.1, -0.05) is 0 Å². The SMILES string of the molecule is CC(Nc1ncnc2sc([N+](=O)[O-])cc12)C1CCCNC1. The van der Waals surface area contributed by atoms with E-state index in [1.165, 1.54) is 19.2 Å². The van der Waals surface area contributed by atoms with Gasteiger partial charge in [0.15, 0.2) is 0 Å². The number of rotatable bonds is 4. The van der Waals surface area contributed by atoms with Gasteiger partial charge >= 0.3 is 5.00 Å². The molecule has 1 aliphatic heterocycles. The Morgan fingerprint density at radius 3 is 3.14 bits per heavy atom. The first-order chi connectivity index (χ1) is 10.1. The minimum absolute atomic E-state index is 0.0977.